The van der Waals surface area contributed by atoms with Crippen molar-refractivity contribution in [2.75, 3.05) is 13.1 Å². The zero-order valence-electron chi connectivity index (χ0n) is 8.99. The number of hydrogen-bond donors (Lipinski definition) is 1. The van der Waals surface area contributed by atoms with Gasteiger partial charge in [-0.3, -0.25) is 4.79 Å². The van der Waals surface area contributed by atoms with Gasteiger partial charge in [-0.05, 0) is 20.3 Å². The van der Waals surface area contributed by atoms with E-state index in [1.165, 1.54) is 6.92 Å². The first-order valence-electron chi connectivity index (χ1n) is 4.89. The van der Waals surface area contributed by atoms with Gasteiger partial charge in [-0.15, -0.1) is 0 Å². The van der Waals surface area contributed by atoms with E-state index in [2.05, 4.69) is 0 Å². The minimum absolute atomic E-state index is 0.120. The fourth-order valence-corrected chi connectivity index (χ4v) is 1.38. The number of carboxylic acids is 1. The molecule has 0 aromatic carbocycles. The number of carbonyl (C=O) groups is 2. The maximum absolute atomic E-state index is 11.8. The topological polar surface area (TPSA) is 57.6 Å². The Balaban J connectivity index is 2.80. The summed E-state index contributed by atoms with van der Waals surface area (Å²) in [6.45, 7) is 4.25. The second-order valence-corrected chi connectivity index (χ2v) is 3.57. The molecule has 0 fully saturated rings. The van der Waals surface area contributed by atoms with Crippen molar-refractivity contribution >= 4 is 11.9 Å². The first kappa shape index (κ1) is 11.5. The molecule has 0 aromatic rings. The molecule has 1 amide bonds. The first-order chi connectivity index (χ1) is 7.04. The average molecular weight is 209 g/mol. The lowest BCUT2D eigenvalue weighted by atomic mass is 10.1. The zero-order chi connectivity index (χ0) is 11.4. The minimum Gasteiger partial charge on any atom is -0.478 e. The van der Waals surface area contributed by atoms with Crippen molar-refractivity contribution < 1.29 is 14.7 Å². The van der Waals surface area contributed by atoms with Crippen molar-refractivity contribution in [1.29, 1.82) is 0 Å². The molecule has 0 radical (unpaired) electrons. The molecule has 0 bridgehead atoms. The van der Waals surface area contributed by atoms with Crippen LogP contribution >= 0.6 is 0 Å². The molecule has 0 spiro atoms. The SMILES string of the molecule is C/C(C(=O)O)=C(\C)C(=O)N1CC=CCC1. The Kier molecular flexibility index (Phi) is 3.66. The molecule has 4 nitrogen and oxygen atoms in total. The molecular weight excluding hydrogens is 194 g/mol. The van der Waals surface area contributed by atoms with Crippen LogP contribution in [-0.2, 0) is 9.59 Å². The van der Waals surface area contributed by atoms with Crippen LogP contribution in [0.25, 0.3) is 0 Å². The summed E-state index contributed by atoms with van der Waals surface area (Å²) >= 11 is 0. The number of amides is 1. The molecule has 0 aromatic heterocycles. The van der Waals surface area contributed by atoms with Crippen LogP contribution in [0, 0.1) is 0 Å². The summed E-state index contributed by atoms with van der Waals surface area (Å²) in [6, 6.07) is 0. The lowest BCUT2D eigenvalue weighted by Crippen LogP contribution is -2.35. The minimum atomic E-state index is -1.03. The van der Waals surface area contributed by atoms with Gasteiger partial charge in [-0.1, -0.05) is 12.2 Å². The van der Waals surface area contributed by atoms with Gasteiger partial charge in [-0.2, -0.15) is 0 Å². The standard InChI is InChI=1S/C11H15NO3/c1-8(9(2)11(14)15)10(13)12-6-4-3-5-7-12/h3-4H,5-7H2,1-2H3,(H,14,15)/b9-8-. The highest BCUT2D eigenvalue weighted by atomic mass is 16.4. The van der Waals surface area contributed by atoms with Gasteiger partial charge < -0.3 is 10.0 Å². The van der Waals surface area contributed by atoms with E-state index in [4.69, 9.17) is 5.11 Å². The Morgan fingerprint density at radius 1 is 1.20 bits per heavy atom. The number of carboxylic acid groups (broad SMARTS) is 1. The van der Waals surface area contributed by atoms with Crippen LogP contribution in [-0.4, -0.2) is 35.0 Å². The summed E-state index contributed by atoms with van der Waals surface area (Å²) in [7, 11) is 0. The van der Waals surface area contributed by atoms with E-state index in [9.17, 15) is 9.59 Å². The molecule has 0 saturated heterocycles. The van der Waals surface area contributed by atoms with Crippen molar-refractivity contribution in [2.45, 2.75) is 20.3 Å². The predicted octanol–water partition coefficient (Wildman–Crippen LogP) is 1.20. The smallest absolute Gasteiger partial charge is 0.331 e. The fourth-order valence-electron chi connectivity index (χ4n) is 1.38. The number of carbonyl (C=O) groups excluding carboxylic acids is 1. The first-order valence-corrected chi connectivity index (χ1v) is 4.89. The summed E-state index contributed by atoms with van der Waals surface area (Å²) in [4.78, 5) is 24.2. The van der Waals surface area contributed by atoms with E-state index in [1.54, 1.807) is 11.8 Å². The molecule has 1 N–H and O–H groups in total. The summed E-state index contributed by atoms with van der Waals surface area (Å²) in [5.41, 5.74) is 0.437. The maximum atomic E-state index is 11.8. The Bertz CT molecular complexity index is 342. The third-order valence-corrected chi connectivity index (χ3v) is 2.55. The second kappa shape index (κ2) is 4.77. The highest BCUT2D eigenvalue weighted by Gasteiger charge is 2.19. The number of hydrogen-bond acceptors (Lipinski definition) is 2. The number of nitrogens with zero attached hydrogens (tertiary/aromatic N) is 1. The van der Waals surface area contributed by atoms with Crippen LogP contribution in [0.1, 0.15) is 20.3 Å². The third kappa shape index (κ3) is 2.68. The van der Waals surface area contributed by atoms with Crippen molar-refractivity contribution in [3.05, 3.63) is 23.3 Å². The molecule has 1 aliphatic heterocycles. The Morgan fingerprint density at radius 3 is 2.33 bits per heavy atom. The normalized spacial score (nSPS) is 17.3. The Morgan fingerprint density at radius 2 is 1.87 bits per heavy atom. The van der Waals surface area contributed by atoms with E-state index in [-0.39, 0.29) is 11.5 Å². The van der Waals surface area contributed by atoms with E-state index >= 15 is 0 Å². The van der Waals surface area contributed by atoms with Gasteiger partial charge in [0.05, 0.1) is 0 Å². The van der Waals surface area contributed by atoms with Crippen LogP contribution < -0.4 is 0 Å². The summed E-state index contributed by atoms with van der Waals surface area (Å²) < 4.78 is 0. The molecule has 1 aliphatic rings. The van der Waals surface area contributed by atoms with Crippen molar-refractivity contribution in [3.63, 3.8) is 0 Å². The Hall–Kier alpha value is -1.58. The molecular formula is C11H15NO3. The second-order valence-electron chi connectivity index (χ2n) is 3.57. The quantitative estimate of drug-likeness (QED) is 0.549. The highest BCUT2D eigenvalue weighted by molar-refractivity contribution is 6.01. The fraction of sp³-hybridized carbons (Fsp3) is 0.455. The molecule has 1 heterocycles. The average Bonchev–Trinajstić information content (AvgIpc) is 2.27. The molecule has 1 rings (SSSR count). The van der Waals surface area contributed by atoms with Gasteiger partial charge in [0.15, 0.2) is 0 Å². The van der Waals surface area contributed by atoms with E-state index < -0.39 is 5.97 Å². The van der Waals surface area contributed by atoms with Gasteiger partial charge in [0.25, 0.3) is 0 Å². The Labute approximate surface area is 88.9 Å². The van der Waals surface area contributed by atoms with Gasteiger partial charge in [0.1, 0.15) is 0 Å². The van der Waals surface area contributed by atoms with Crippen LogP contribution in [0.3, 0.4) is 0 Å². The van der Waals surface area contributed by atoms with Gasteiger partial charge >= 0.3 is 5.97 Å². The van der Waals surface area contributed by atoms with Crippen LogP contribution in [0.2, 0.25) is 0 Å². The lowest BCUT2D eigenvalue weighted by molar-refractivity contribution is -0.133. The van der Waals surface area contributed by atoms with E-state index in [0.29, 0.717) is 18.7 Å². The van der Waals surface area contributed by atoms with Gasteiger partial charge in [-0.25, -0.2) is 4.79 Å². The van der Waals surface area contributed by atoms with Crippen molar-refractivity contribution in [2.24, 2.45) is 0 Å². The zero-order valence-corrected chi connectivity index (χ0v) is 8.99. The number of rotatable bonds is 2. The molecule has 82 valence electrons. The van der Waals surface area contributed by atoms with Gasteiger partial charge in [0, 0.05) is 24.2 Å². The molecule has 0 aliphatic carbocycles. The summed E-state index contributed by atoms with van der Waals surface area (Å²) in [6.07, 6.45) is 4.78. The van der Waals surface area contributed by atoms with Crippen LogP contribution in [0.5, 0.6) is 0 Å². The highest BCUT2D eigenvalue weighted by Crippen LogP contribution is 2.10. The molecule has 0 atom stereocenters. The summed E-state index contributed by atoms with van der Waals surface area (Å²) in [5.74, 6) is -1.22. The largest absolute Gasteiger partial charge is 0.478 e. The molecule has 0 unspecified atom stereocenters. The van der Waals surface area contributed by atoms with Crippen molar-refractivity contribution in [1.82, 2.24) is 4.90 Å². The maximum Gasteiger partial charge on any atom is 0.331 e. The number of aliphatic carboxylic acids is 1. The molecule has 15 heavy (non-hydrogen) atoms. The van der Waals surface area contributed by atoms with Crippen LogP contribution in [0.15, 0.2) is 23.3 Å². The van der Waals surface area contributed by atoms with E-state index in [1.807, 2.05) is 12.2 Å². The molecule has 0 saturated carbocycles. The summed E-state index contributed by atoms with van der Waals surface area (Å²) in [5, 5.41) is 8.76. The monoisotopic (exact) mass is 209 g/mol. The lowest BCUT2D eigenvalue weighted by Gasteiger charge is -2.24. The van der Waals surface area contributed by atoms with E-state index in [0.717, 1.165) is 6.42 Å². The van der Waals surface area contributed by atoms with Crippen LogP contribution in [0.4, 0.5) is 0 Å². The molecule has 4 heteroatoms. The van der Waals surface area contributed by atoms with Crippen molar-refractivity contribution in [3.8, 4) is 0 Å². The third-order valence-electron chi connectivity index (χ3n) is 2.55. The predicted molar refractivity (Wildman–Crippen MR) is 56.3 cm³/mol. The van der Waals surface area contributed by atoms with Gasteiger partial charge in [0.2, 0.25) is 5.91 Å².